The van der Waals surface area contributed by atoms with Gasteiger partial charge in [-0.3, -0.25) is 14.6 Å². The van der Waals surface area contributed by atoms with Gasteiger partial charge in [-0.25, -0.2) is 4.98 Å². The first-order chi connectivity index (χ1) is 13.0. The molecule has 7 heteroatoms. The van der Waals surface area contributed by atoms with E-state index in [9.17, 15) is 9.59 Å². The molecule has 2 heterocycles. The number of carbonyl (C=O) groups is 2. The molecule has 1 amide bonds. The van der Waals surface area contributed by atoms with Crippen molar-refractivity contribution in [1.82, 2.24) is 15.3 Å². The van der Waals surface area contributed by atoms with E-state index in [0.717, 1.165) is 20.9 Å². The van der Waals surface area contributed by atoms with Gasteiger partial charge in [-0.15, -0.1) is 11.3 Å². The van der Waals surface area contributed by atoms with E-state index in [1.165, 1.54) is 11.3 Å². The number of nitrogens with zero attached hydrogens (tertiary/aromatic N) is 2. The number of thiazole rings is 1. The molecule has 3 aromatic rings. The number of pyridine rings is 1. The predicted octanol–water partition coefficient (Wildman–Crippen LogP) is 4.19. The molecule has 1 atom stereocenters. The Morgan fingerprint density at radius 1 is 1.26 bits per heavy atom. The highest BCUT2D eigenvalue weighted by molar-refractivity contribution is 7.18. The SMILES string of the molecule is CCC(=O)C[C@@H](Cc1nc2ccc(Cl)cc2s1)C(=O)NCc1ccccn1. The lowest BCUT2D eigenvalue weighted by molar-refractivity contribution is -0.129. The molecule has 0 bridgehead atoms. The number of halogens is 1. The molecule has 140 valence electrons. The van der Waals surface area contributed by atoms with Crippen LogP contribution >= 0.6 is 22.9 Å². The molecular formula is C20H20ClN3O2S. The van der Waals surface area contributed by atoms with Crippen molar-refractivity contribution in [2.75, 3.05) is 0 Å². The van der Waals surface area contributed by atoms with Gasteiger partial charge in [-0.05, 0) is 30.3 Å². The van der Waals surface area contributed by atoms with E-state index in [1.807, 2.05) is 37.3 Å². The van der Waals surface area contributed by atoms with Gasteiger partial charge in [0.1, 0.15) is 5.78 Å². The van der Waals surface area contributed by atoms with Crippen LogP contribution in [0, 0.1) is 5.92 Å². The molecule has 0 aliphatic rings. The highest BCUT2D eigenvalue weighted by Crippen LogP contribution is 2.27. The van der Waals surface area contributed by atoms with E-state index >= 15 is 0 Å². The van der Waals surface area contributed by atoms with Gasteiger partial charge in [0.15, 0.2) is 0 Å². The fourth-order valence-corrected chi connectivity index (χ4v) is 4.07. The van der Waals surface area contributed by atoms with E-state index in [0.29, 0.717) is 24.4 Å². The molecule has 0 spiro atoms. The molecule has 0 radical (unpaired) electrons. The van der Waals surface area contributed by atoms with Gasteiger partial charge in [0.05, 0.1) is 33.4 Å². The van der Waals surface area contributed by atoms with E-state index in [4.69, 9.17) is 11.6 Å². The summed E-state index contributed by atoms with van der Waals surface area (Å²) in [5.41, 5.74) is 1.63. The second-order valence-electron chi connectivity index (χ2n) is 6.26. The van der Waals surface area contributed by atoms with E-state index in [1.54, 1.807) is 12.3 Å². The lowest BCUT2D eigenvalue weighted by Crippen LogP contribution is -2.33. The Bertz CT molecular complexity index is 943. The molecule has 27 heavy (non-hydrogen) atoms. The average molecular weight is 402 g/mol. The minimum absolute atomic E-state index is 0.0668. The topological polar surface area (TPSA) is 72.0 Å². The third-order valence-corrected chi connectivity index (χ3v) is 5.50. The number of rotatable bonds is 8. The van der Waals surface area contributed by atoms with Crippen LogP contribution in [0.1, 0.15) is 30.5 Å². The van der Waals surface area contributed by atoms with Crippen LogP contribution in [0.2, 0.25) is 5.02 Å². The minimum Gasteiger partial charge on any atom is -0.350 e. The third-order valence-electron chi connectivity index (χ3n) is 4.22. The van der Waals surface area contributed by atoms with Gasteiger partial charge in [0.2, 0.25) is 5.91 Å². The van der Waals surface area contributed by atoms with Crippen molar-refractivity contribution in [3.63, 3.8) is 0 Å². The second-order valence-corrected chi connectivity index (χ2v) is 7.81. The van der Waals surface area contributed by atoms with Crippen LogP contribution in [-0.2, 0) is 22.6 Å². The standard InChI is InChI=1S/C20H20ClN3O2S/c1-2-16(25)9-13(20(26)23-12-15-5-3-4-8-22-15)10-19-24-17-7-6-14(21)11-18(17)27-19/h3-8,11,13H,2,9-10,12H2,1H3,(H,23,26)/t13-/m0/s1. The number of fused-ring (bicyclic) bond motifs is 1. The second kappa shape index (κ2) is 9.06. The number of nitrogens with one attached hydrogen (secondary N) is 1. The highest BCUT2D eigenvalue weighted by Gasteiger charge is 2.23. The van der Waals surface area contributed by atoms with E-state index < -0.39 is 5.92 Å². The van der Waals surface area contributed by atoms with E-state index in [-0.39, 0.29) is 18.1 Å². The molecular weight excluding hydrogens is 382 g/mol. The summed E-state index contributed by atoms with van der Waals surface area (Å²) in [6.07, 6.45) is 2.74. The van der Waals surface area contributed by atoms with Crippen LogP contribution in [0.5, 0.6) is 0 Å². The van der Waals surface area contributed by atoms with Crippen molar-refractivity contribution in [2.24, 2.45) is 5.92 Å². The minimum atomic E-state index is -0.447. The summed E-state index contributed by atoms with van der Waals surface area (Å²) in [4.78, 5) is 33.5. The van der Waals surface area contributed by atoms with Gasteiger partial charge in [-0.2, -0.15) is 0 Å². The molecule has 0 saturated heterocycles. The van der Waals surface area contributed by atoms with Crippen molar-refractivity contribution >= 4 is 44.8 Å². The monoisotopic (exact) mass is 401 g/mol. The Kier molecular flexibility index (Phi) is 6.53. The zero-order valence-corrected chi connectivity index (χ0v) is 16.5. The number of benzene rings is 1. The first kappa shape index (κ1) is 19.5. The van der Waals surface area contributed by atoms with Crippen molar-refractivity contribution in [3.05, 3.63) is 58.3 Å². The maximum Gasteiger partial charge on any atom is 0.224 e. The largest absolute Gasteiger partial charge is 0.350 e. The number of Topliss-reactive ketones (excluding diaryl/α,β-unsaturated/α-hetero) is 1. The molecule has 1 aromatic carbocycles. The smallest absolute Gasteiger partial charge is 0.224 e. The predicted molar refractivity (Wildman–Crippen MR) is 108 cm³/mol. The summed E-state index contributed by atoms with van der Waals surface area (Å²) in [6.45, 7) is 2.15. The molecule has 0 aliphatic heterocycles. The zero-order valence-electron chi connectivity index (χ0n) is 14.9. The summed E-state index contributed by atoms with van der Waals surface area (Å²) in [6, 6.07) is 11.1. The van der Waals surface area contributed by atoms with Crippen molar-refractivity contribution in [1.29, 1.82) is 0 Å². The highest BCUT2D eigenvalue weighted by atomic mass is 35.5. The Labute approximate surface area is 166 Å². The number of hydrogen-bond donors (Lipinski definition) is 1. The molecule has 0 unspecified atom stereocenters. The normalized spacial score (nSPS) is 12.1. The van der Waals surface area contributed by atoms with Crippen molar-refractivity contribution in [3.8, 4) is 0 Å². The summed E-state index contributed by atoms with van der Waals surface area (Å²) >= 11 is 7.54. The van der Waals surface area contributed by atoms with E-state index in [2.05, 4.69) is 15.3 Å². The summed E-state index contributed by atoms with van der Waals surface area (Å²) in [7, 11) is 0. The maximum atomic E-state index is 12.7. The van der Waals surface area contributed by atoms with Crippen molar-refractivity contribution < 1.29 is 9.59 Å². The van der Waals surface area contributed by atoms with Crippen LogP contribution in [-0.4, -0.2) is 21.7 Å². The van der Waals surface area contributed by atoms with Gasteiger partial charge in [-0.1, -0.05) is 24.6 Å². The van der Waals surface area contributed by atoms with Crippen LogP contribution in [0.3, 0.4) is 0 Å². The van der Waals surface area contributed by atoms with Crippen molar-refractivity contribution in [2.45, 2.75) is 32.7 Å². The van der Waals surface area contributed by atoms with Gasteiger partial charge in [0.25, 0.3) is 0 Å². The quantitative estimate of drug-likeness (QED) is 0.614. The lowest BCUT2D eigenvalue weighted by atomic mass is 9.97. The van der Waals surface area contributed by atoms with Gasteiger partial charge < -0.3 is 5.32 Å². The number of amides is 1. The molecule has 0 saturated carbocycles. The molecule has 0 aliphatic carbocycles. The summed E-state index contributed by atoms with van der Waals surface area (Å²) < 4.78 is 0.979. The maximum absolute atomic E-state index is 12.7. The van der Waals surface area contributed by atoms with Crippen LogP contribution in [0.25, 0.3) is 10.2 Å². The lowest BCUT2D eigenvalue weighted by Gasteiger charge is -2.14. The molecule has 5 nitrogen and oxygen atoms in total. The number of hydrogen-bond acceptors (Lipinski definition) is 5. The molecule has 1 N–H and O–H groups in total. The first-order valence-electron chi connectivity index (χ1n) is 8.79. The Morgan fingerprint density at radius 3 is 2.85 bits per heavy atom. The first-order valence-corrected chi connectivity index (χ1v) is 9.99. The fourth-order valence-electron chi connectivity index (χ4n) is 2.75. The van der Waals surface area contributed by atoms with Crippen LogP contribution in [0.15, 0.2) is 42.6 Å². The Balaban J connectivity index is 1.73. The number of carbonyl (C=O) groups excluding carboxylic acids is 2. The molecule has 3 rings (SSSR count). The summed E-state index contributed by atoms with van der Waals surface area (Å²) in [5, 5.41) is 4.38. The van der Waals surface area contributed by atoms with Crippen LogP contribution < -0.4 is 5.32 Å². The van der Waals surface area contributed by atoms with Crippen LogP contribution in [0.4, 0.5) is 0 Å². The Hall–Kier alpha value is -2.31. The number of aromatic nitrogens is 2. The Morgan fingerprint density at radius 2 is 2.11 bits per heavy atom. The fraction of sp³-hybridized carbons (Fsp3) is 0.300. The molecule has 0 fully saturated rings. The zero-order chi connectivity index (χ0) is 19.2. The summed E-state index contributed by atoms with van der Waals surface area (Å²) in [5.74, 6) is -0.533. The average Bonchev–Trinajstić information content (AvgIpc) is 3.07. The van der Waals surface area contributed by atoms with Gasteiger partial charge in [0, 0.05) is 30.5 Å². The van der Waals surface area contributed by atoms with Gasteiger partial charge >= 0.3 is 0 Å². The molecule has 2 aromatic heterocycles. The third kappa shape index (κ3) is 5.34. The number of ketones is 1.